The van der Waals surface area contributed by atoms with E-state index in [1.807, 2.05) is 23.9 Å². The Morgan fingerprint density at radius 1 is 1.13 bits per heavy atom. The summed E-state index contributed by atoms with van der Waals surface area (Å²) in [5, 5.41) is 0. The van der Waals surface area contributed by atoms with E-state index in [2.05, 4.69) is 14.9 Å². The minimum absolute atomic E-state index is 0.489. The van der Waals surface area contributed by atoms with Crippen LogP contribution in [-0.4, -0.2) is 45.3 Å². The number of ether oxygens (including phenoxy) is 1. The van der Waals surface area contributed by atoms with E-state index in [1.54, 1.807) is 12.4 Å². The van der Waals surface area contributed by atoms with Gasteiger partial charge in [0.15, 0.2) is 5.82 Å². The highest BCUT2D eigenvalue weighted by atomic mass is 16.5. The Morgan fingerprint density at radius 3 is 2.65 bits per heavy atom. The molecule has 0 spiro atoms. The van der Waals surface area contributed by atoms with E-state index in [9.17, 15) is 0 Å². The van der Waals surface area contributed by atoms with Crippen LogP contribution in [0.1, 0.15) is 31.5 Å². The van der Waals surface area contributed by atoms with Crippen molar-refractivity contribution in [2.24, 2.45) is 5.92 Å². The molecular weight excluding hydrogens is 290 g/mol. The molecule has 2 fully saturated rings. The second kappa shape index (κ2) is 6.28. The van der Waals surface area contributed by atoms with Gasteiger partial charge in [-0.05, 0) is 38.5 Å². The molecule has 6 heteroatoms. The van der Waals surface area contributed by atoms with Crippen molar-refractivity contribution < 1.29 is 4.74 Å². The molecule has 1 unspecified atom stereocenters. The van der Waals surface area contributed by atoms with Crippen molar-refractivity contribution in [3.8, 4) is 5.82 Å². The van der Waals surface area contributed by atoms with Gasteiger partial charge in [-0.2, -0.15) is 0 Å². The molecule has 2 aromatic rings. The van der Waals surface area contributed by atoms with Gasteiger partial charge in [0.1, 0.15) is 11.6 Å². The molecule has 0 saturated carbocycles. The first-order valence-corrected chi connectivity index (χ1v) is 8.50. The van der Waals surface area contributed by atoms with Gasteiger partial charge in [0.2, 0.25) is 0 Å². The van der Waals surface area contributed by atoms with Crippen molar-refractivity contribution in [2.75, 3.05) is 24.6 Å². The Hall–Kier alpha value is -1.95. The Labute approximate surface area is 136 Å². The highest BCUT2D eigenvalue weighted by Gasteiger charge is 2.29. The highest BCUT2D eigenvalue weighted by molar-refractivity contribution is 5.40. The number of hydrogen-bond acceptors (Lipinski definition) is 5. The van der Waals surface area contributed by atoms with Crippen LogP contribution in [0.5, 0.6) is 0 Å². The van der Waals surface area contributed by atoms with Crippen LogP contribution in [0.2, 0.25) is 0 Å². The summed E-state index contributed by atoms with van der Waals surface area (Å²) in [6, 6.07) is 0. The van der Waals surface area contributed by atoms with Crippen molar-refractivity contribution >= 4 is 5.82 Å². The van der Waals surface area contributed by atoms with Crippen molar-refractivity contribution in [3.63, 3.8) is 0 Å². The van der Waals surface area contributed by atoms with Crippen molar-refractivity contribution in [3.05, 3.63) is 30.6 Å². The minimum atomic E-state index is 0.489. The highest BCUT2D eigenvalue weighted by Crippen LogP contribution is 2.30. The number of nitrogens with zero attached hydrogens (tertiary/aromatic N) is 5. The average Bonchev–Trinajstić information content (AvgIpc) is 3.27. The van der Waals surface area contributed by atoms with Crippen LogP contribution in [0.3, 0.4) is 0 Å². The summed E-state index contributed by atoms with van der Waals surface area (Å²) in [5.74, 6) is 3.43. The third-order valence-corrected chi connectivity index (χ3v) is 5.04. The van der Waals surface area contributed by atoms with Crippen LogP contribution in [0.15, 0.2) is 24.8 Å². The maximum absolute atomic E-state index is 5.86. The zero-order chi connectivity index (χ0) is 15.6. The van der Waals surface area contributed by atoms with Gasteiger partial charge in [0.25, 0.3) is 0 Å². The monoisotopic (exact) mass is 313 g/mol. The zero-order valence-corrected chi connectivity index (χ0v) is 13.6. The molecular formula is C17H23N5O. The minimum Gasteiger partial charge on any atom is -0.378 e. The van der Waals surface area contributed by atoms with Gasteiger partial charge in [-0.15, -0.1) is 0 Å². The quantitative estimate of drug-likeness (QED) is 0.871. The normalized spacial score (nSPS) is 22.7. The Morgan fingerprint density at radius 2 is 1.96 bits per heavy atom. The number of hydrogen-bond donors (Lipinski definition) is 0. The summed E-state index contributed by atoms with van der Waals surface area (Å²) < 4.78 is 7.83. The second-order valence-corrected chi connectivity index (χ2v) is 6.46. The largest absolute Gasteiger partial charge is 0.378 e. The van der Waals surface area contributed by atoms with Crippen LogP contribution < -0.4 is 4.90 Å². The maximum Gasteiger partial charge on any atom is 0.159 e. The summed E-state index contributed by atoms with van der Waals surface area (Å²) in [4.78, 5) is 15.8. The average molecular weight is 313 g/mol. The van der Waals surface area contributed by atoms with Crippen LogP contribution in [0, 0.1) is 12.8 Å². The molecule has 2 aliphatic rings. The van der Waals surface area contributed by atoms with Crippen LogP contribution >= 0.6 is 0 Å². The molecule has 4 heterocycles. The van der Waals surface area contributed by atoms with Gasteiger partial charge in [0, 0.05) is 32.1 Å². The lowest BCUT2D eigenvalue weighted by Gasteiger charge is -2.35. The lowest BCUT2D eigenvalue weighted by molar-refractivity contribution is 0.0531. The lowest BCUT2D eigenvalue weighted by Crippen LogP contribution is -2.38. The predicted octanol–water partition coefficient (Wildman–Crippen LogP) is 2.37. The van der Waals surface area contributed by atoms with Gasteiger partial charge in [-0.1, -0.05) is 0 Å². The molecule has 0 bridgehead atoms. The fourth-order valence-corrected chi connectivity index (χ4v) is 3.71. The number of anilines is 1. The zero-order valence-electron chi connectivity index (χ0n) is 13.6. The molecule has 23 heavy (non-hydrogen) atoms. The summed E-state index contributed by atoms with van der Waals surface area (Å²) in [5.41, 5.74) is 0. The van der Waals surface area contributed by atoms with Crippen molar-refractivity contribution in [1.29, 1.82) is 0 Å². The van der Waals surface area contributed by atoms with Gasteiger partial charge in [-0.25, -0.2) is 9.97 Å². The number of aromatic nitrogens is 4. The summed E-state index contributed by atoms with van der Waals surface area (Å²) >= 11 is 0. The molecule has 1 atom stereocenters. The molecule has 6 nitrogen and oxygen atoms in total. The molecule has 0 radical (unpaired) electrons. The summed E-state index contributed by atoms with van der Waals surface area (Å²) in [6.07, 6.45) is 12.7. The first-order chi connectivity index (χ1) is 11.3. The van der Waals surface area contributed by atoms with Gasteiger partial charge >= 0.3 is 0 Å². The lowest BCUT2D eigenvalue weighted by atomic mass is 9.90. The molecule has 2 saturated heterocycles. The van der Waals surface area contributed by atoms with Gasteiger partial charge in [0.05, 0.1) is 18.5 Å². The van der Waals surface area contributed by atoms with Gasteiger partial charge in [-0.3, -0.25) is 9.55 Å². The molecule has 4 rings (SSSR count). The second-order valence-electron chi connectivity index (χ2n) is 6.46. The smallest absolute Gasteiger partial charge is 0.159 e. The van der Waals surface area contributed by atoms with Crippen LogP contribution in [0.25, 0.3) is 5.82 Å². The maximum atomic E-state index is 5.86. The molecule has 2 aliphatic heterocycles. The Bertz CT molecular complexity index is 657. The van der Waals surface area contributed by atoms with E-state index in [1.165, 1.54) is 25.7 Å². The summed E-state index contributed by atoms with van der Waals surface area (Å²) in [7, 11) is 0. The van der Waals surface area contributed by atoms with E-state index in [0.717, 1.165) is 37.2 Å². The Balaban J connectivity index is 1.46. The third kappa shape index (κ3) is 2.95. The fraction of sp³-hybridized carbons (Fsp3) is 0.588. The fourth-order valence-electron chi connectivity index (χ4n) is 3.71. The molecule has 0 N–H and O–H groups in total. The number of rotatable bonds is 3. The van der Waals surface area contributed by atoms with E-state index in [4.69, 9.17) is 9.72 Å². The van der Waals surface area contributed by atoms with Crippen molar-refractivity contribution in [1.82, 2.24) is 19.5 Å². The van der Waals surface area contributed by atoms with E-state index in [0.29, 0.717) is 12.0 Å². The molecule has 0 amide bonds. The van der Waals surface area contributed by atoms with Gasteiger partial charge < -0.3 is 9.64 Å². The Kier molecular flexibility index (Phi) is 3.99. The van der Waals surface area contributed by atoms with Crippen molar-refractivity contribution in [2.45, 2.75) is 38.7 Å². The SMILES string of the molecule is Cc1nccn1-c1cncc(N2CCC(C3CCCO3)CC2)n1. The van der Waals surface area contributed by atoms with E-state index >= 15 is 0 Å². The standard InChI is InChI=1S/C17H23N5O/c1-13-19-6-9-22(13)17-12-18-11-16(20-17)21-7-4-14(5-8-21)15-3-2-10-23-15/h6,9,11-12,14-15H,2-5,7-8,10H2,1H3. The molecule has 122 valence electrons. The topological polar surface area (TPSA) is 56.1 Å². The first kappa shape index (κ1) is 14.6. The van der Waals surface area contributed by atoms with Crippen LogP contribution in [0.4, 0.5) is 5.82 Å². The molecule has 2 aromatic heterocycles. The molecule has 0 aromatic carbocycles. The number of imidazole rings is 1. The van der Waals surface area contributed by atoms with E-state index < -0.39 is 0 Å². The third-order valence-electron chi connectivity index (χ3n) is 5.04. The predicted molar refractivity (Wildman–Crippen MR) is 87.8 cm³/mol. The van der Waals surface area contributed by atoms with E-state index in [-0.39, 0.29) is 0 Å². The van der Waals surface area contributed by atoms with Crippen LogP contribution in [-0.2, 0) is 4.74 Å². The first-order valence-electron chi connectivity index (χ1n) is 8.50. The summed E-state index contributed by atoms with van der Waals surface area (Å²) in [6.45, 7) is 4.99. The number of aryl methyl sites for hydroxylation is 1. The molecule has 0 aliphatic carbocycles. The number of piperidine rings is 1.